The van der Waals surface area contributed by atoms with Gasteiger partial charge >= 0.3 is 0 Å². The molecule has 1 amide bonds. The SMILES string of the molecule is Cc1cc(C)nc(CN)n1.Cc1cc(C)nc(CNC(=O)c2cnc(-c3cccnc3)s2)n1.O=C(Cl)c1cnc(-c2ccc[nH+]c2)s1.[Cl-]. The zero-order valence-electron chi connectivity index (χ0n) is 26.4. The van der Waals surface area contributed by atoms with E-state index >= 15 is 0 Å². The summed E-state index contributed by atoms with van der Waals surface area (Å²) >= 11 is 7.94. The maximum atomic E-state index is 12.2. The van der Waals surface area contributed by atoms with Crippen molar-refractivity contribution in [1.82, 2.24) is 40.2 Å². The summed E-state index contributed by atoms with van der Waals surface area (Å²) in [4.78, 5) is 56.3. The van der Waals surface area contributed by atoms with E-state index in [1.165, 1.54) is 28.9 Å². The number of nitrogens with two attached hydrogens (primary N) is 1. The molecule has 6 rings (SSSR count). The first kappa shape index (κ1) is 37.9. The third kappa shape index (κ3) is 11.6. The molecule has 0 aliphatic carbocycles. The van der Waals surface area contributed by atoms with Crippen LogP contribution in [0.5, 0.6) is 0 Å². The summed E-state index contributed by atoms with van der Waals surface area (Å²) in [7, 11) is 0. The number of hydrogen-bond donors (Lipinski definition) is 2. The summed E-state index contributed by atoms with van der Waals surface area (Å²) in [6.07, 6.45) is 10.1. The Kier molecular flexibility index (Phi) is 14.7. The number of aryl methyl sites for hydroxylation is 4. The van der Waals surface area contributed by atoms with Crippen molar-refractivity contribution in [1.29, 1.82) is 0 Å². The standard InChI is InChI=1S/C16H15N5OS.C9H5ClN2OS.C7H11N3.ClH/c1-10-6-11(2)21-14(20-10)9-18-15(22)13-8-19-16(23-13)12-4-3-5-17-7-12;10-8(13)7-5-12-9(14-7)6-2-1-3-11-4-6;1-5-3-6(2)10-7(4-8)9-5;/h3-8H,9H2,1-2H3,(H,18,22);1-5H;3H,4,8H2,1-2H3;1H. The van der Waals surface area contributed by atoms with Crippen molar-refractivity contribution in [3.8, 4) is 21.1 Å². The van der Waals surface area contributed by atoms with E-state index in [1.54, 1.807) is 18.6 Å². The lowest BCUT2D eigenvalue weighted by molar-refractivity contribution is -0.377. The van der Waals surface area contributed by atoms with E-state index in [2.05, 4.69) is 45.2 Å². The first-order chi connectivity index (χ1) is 22.6. The second kappa shape index (κ2) is 18.7. The van der Waals surface area contributed by atoms with Gasteiger partial charge in [0.1, 0.15) is 31.4 Å². The number of nitrogens with zero attached hydrogens (tertiary/aromatic N) is 7. The van der Waals surface area contributed by atoms with E-state index in [0.717, 1.165) is 49.7 Å². The quantitative estimate of drug-likeness (QED) is 0.232. The number of hydrogen-bond acceptors (Lipinski definition) is 12. The van der Waals surface area contributed by atoms with Gasteiger partial charge in [0.15, 0.2) is 12.4 Å². The van der Waals surface area contributed by atoms with Crippen molar-refractivity contribution in [3.05, 3.63) is 118 Å². The number of thiazole rings is 2. The van der Waals surface area contributed by atoms with Crippen LogP contribution in [0.2, 0.25) is 0 Å². The molecule has 0 aliphatic rings. The van der Waals surface area contributed by atoms with Gasteiger partial charge in [-0.15, -0.1) is 22.7 Å². The maximum absolute atomic E-state index is 12.2. The zero-order chi connectivity index (χ0) is 33.8. The fourth-order valence-corrected chi connectivity index (χ4v) is 5.77. The number of pyridine rings is 2. The van der Waals surface area contributed by atoms with Gasteiger partial charge in [-0.05, 0) is 69.6 Å². The molecule has 12 nitrogen and oxygen atoms in total. The minimum Gasteiger partial charge on any atom is -1.00 e. The minimum atomic E-state index is -0.464. The topological polar surface area (TPSA) is 177 Å². The van der Waals surface area contributed by atoms with Crippen molar-refractivity contribution in [2.45, 2.75) is 40.8 Å². The molecule has 4 N–H and O–H groups in total. The summed E-state index contributed by atoms with van der Waals surface area (Å²) in [6, 6.07) is 11.4. The van der Waals surface area contributed by atoms with Crippen LogP contribution in [0.4, 0.5) is 0 Å². The van der Waals surface area contributed by atoms with E-state index in [4.69, 9.17) is 17.3 Å². The predicted octanol–water partition coefficient (Wildman–Crippen LogP) is 2.10. The maximum Gasteiger partial charge on any atom is 0.264 e. The molecule has 0 fully saturated rings. The molecule has 0 aromatic carbocycles. The smallest absolute Gasteiger partial charge is 0.264 e. The molecule has 16 heteroatoms. The number of H-pyrrole nitrogens is 1. The Balaban J connectivity index is 0.000000213. The van der Waals surface area contributed by atoms with Crippen LogP contribution in [0.15, 0.2) is 73.6 Å². The number of amides is 1. The van der Waals surface area contributed by atoms with Gasteiger partial charge < -0.3 is 23.5 Å². The highest BCUT2D eigenvalue weighted by Crippen LogP contribution is 2.25. The molecular weight excluding hydrogens is 691 g/mol. The number of carbonyl (C=O) groups is 2. The first-order valence-electron chi connectivity index (χ1n) is 14.2. The molecule has 6 aromatic rings. The second-order valence-corrected chi connectivity index (χ2v) is 12.3. The van der Waals surface area contributed by atoms with E-state index in [-0.39, 0.29) is 18.3 Å². The average molecular weight is 724 g/mol. The van der Waals surface area contributed by atoms with Crippen molar-refractivity contribution in [2.24, 2.45) is 5.73 Å². The highest BCUT2D eigenvalue weighted by molar-refractivity contribution is 7.18. The summed E-state index contributed by atoms with van der Waals surface area (Å²) in [6.45, 7) is 8.40. The lowest BCUT2D eigenvalue weighted by atomic mass is 10.3. The third-order valence-electron chi connectivity index (χ3n) is 5.94. The van der Waals surface area contributed by atoms with Crippen LogP contribution in [0.25, 0.3) is 21.1 Å². The Morgan fingerprint density at radius 2 is 1.38 bits per heavy atom. The van der Waals surface area contributed by atoms with E-state index in [9.17, 15) is 9.59 Å². The van der Waals surface area contributed by atoms with Crippen molar-refractivity contribution >= 4 is 45.4 Å². The second-order valence-electron chi connectivity index (χ2n) is 9.89. The summed E-state index contributed by atoms with van der Waals surface area (Å²) < 4.78 is 0. The van der Waals surface area contributed by atoms with Crippen LogP contribution in [0, 0.1) is 27.7 Å². The number of nitrogens with one attached hydrogen (secondary N) is 2. The molecule has 48 heavy (non-hydrogen) atoms. The van der Waals surface area contributed by atoms with Gasteiger partial charge in [0.25, 0.3) is 11.1 Å². The minimum absolute atomic E-state index is 0. The molecule has 6 aromatic heterocycles. The number of aromatic amines is 1. The Morgan fingerprint density at radius 1 is 0.812 bits per heavy atom. The molecule has 0 bridgehead atoms. The lowest BCUT2D eigenvalue weighted by Crippen LogP contribution is -3.00. The van der Waals surface area contributed by atoms with Crippen LogP contribution >= 0.6 is 34.3 Å². The number of rotatable bonds is 7. The van der Waals surface area contributed by atoms with Crippen LogP contribution in [0.1, 0.15) is 53.8 Å². The average Bonchev–Trinajstić information content (AvgIpc) is 3.76. The highest BCUT2D eigenvalue weighted by atomic mass is 35.5. The Hall–Kier alpha value is -4.60. The van der Waals surface area contributed by atoms with E-state index < -0.39 is 5.24 Å². The van der Waals surface area contributed by atoms with Gasteiger partial charge in [-0.3, -0.25) is 14.6 Å². The highest BCUT2D eigenvalue weighted by Gasteiger charge is 2.13. The van der Waals surface area contributed by atoms with Crippen LogP contribution in [-0.4, -0.2) is 46.0 Å². The molecule has 0 radical (unpaired) electrons. The summed E-state index contributed by atoms with van der Waals surface area (Å²) in [5, 5.41) is 3.91. The number of halogens is 2. The lowest BCUT2D eigenvalue weighted by Gasteiger charge is -2.04. The molecule has 248 valence electrons. The molecule has 6 heterocycles. The van der Waals surface area contributed by atoms with Gasteiger partial charge in [-0.2, -0.15) is 0 Å². The van der Waals surface area contributed by atoms with Crippen LogP contribution in [0.3, 0.4) is 0 Å². The Bertz CT molecular complexity index is 1900. The van der Waals surface area contributed by atoms with Crippen LogP contribution in [-0.2, 0) is 13.1 Å². The number of aromatic nitrogens is 8. The van der Waals surface area contributed by atoms with Gasteiger partial charge in [0.2, 0.25) is 0 Å². The number of carbonyl (C=O) groups excluding carboxylic acids is 2. The van der Waals surface area contributed by atoms with Crippen molar-refractivity contribution in [2.75, 3.05) is 0 Å². The van der Waals surface area contributed by atoms with Gasteiger partial charge in [0, 0.05) is 46.8 Å². The van der Waals surface area contributed by atoms with Crippen molar-refractivity contribution in [3.63, 3.8) is 0 Å². The van der Waals surface area contributed by atoms with E-state index in [0.29, 0.717) is 28.7 Å². The van der Waals surface area contributed by atoms with Gasteiger partial charge in [-0.25, -0.2) is 34.9 Å². The molecule has 0 saturated heterocycles. The van der Waals surface area contributed by atoms with Crippen LogP contribution < -0.4 is 28.4 Å². The molecule has 0 spiro atoms. The molecule has 0 saturated carbocycles. The fraction of sp³-hybridized carbons (Fsp3) is 0.188. The predicted molar refractivity (Wildman–Crippen MR) is 182 cm³/mol. The van der Waals surface area contributed by atoms with Gasteiger partial charge in [-0.1, -0.05) is 0 Å². The molecular formula is C32H32Cl2N10O2S2. The monoisotopic (exact) mass is 722 g/mol. The van der Waals surface area contributed by atoms with E-state index in [1.807, 2.05) is 76.5 Å². The third-order valence-corrected chi connectivity index (χ3v) is 8.34. The molecule has 0 atom stereocenters. The van der Waals surface area contributed by atoms with Gasteiger partial charge in [0.05, 0.1) is 31.0 Å². The summed E-state index contributed by atoms with van der Waals surface area (Å²) in [5.41, 5.74) is 10.9. The molecule has 0 aliphatic heterocycles. The normalized spacial score (nSPS) is 10.0. The van der Waals surface area contributed by atoms with Crippen molar-refractivity contribution < 1.29 is 27.0 Å². The largest absolute Gasteiger partial charge is 1.00 e. The summed E-state index contributed by atoms with van der Waals surface area (Å²) in [5.74, 6) is 1.14. The Morgan fingerprint density at radius 3 is 1.90 bits per heavy atom. The zero-order valence-corrected chi connectivity index (χ0v) is 29.6. The first-order valence-corrected chi connectivity index (χ1v) is 16.2. The Labute approximate surface area is 296 Å². The fourth-order valence-electron chi connectivity index (χ4n) is 4.04. The molecule has 0 unspecified atom stereocenters.